The summed E-state index contributed by atoms with van der Waals surface area (Å²) < 4.78 is 6.47. The molecule has 0 spiro atoms. The van der Waals surface area contributed by atoms with Gasteiger partial charge in [0.25, 0.3) is 0 Å². The molecule has 1 aromatic carbocycles. The van der Waals surface area contributed by atoms with Gasteiger partial charge in [0, 0.05) is 37.6 Å². The summed E-state index contributed by atoms with van der Waals surface area (Å²) in [4.78, 5) is 30.4. The normalized spacial score (nSPS) is 15.7. The Morgan fingerprint density at radius 2 is 1.63 bits per heavy atom. The van der Waals surface area contributed by atoms with E-state index in [2.05, 4.69) is 29.2 Å². The summed E-state index contributed by atoms with van der Waals surface area (Å²) in [5.41, 5.74) is 1.37. The van der Waals surface area contributed by atoms with Crippen LogP contribution in [0.1, 0.15) is 18.4 Å². The lowest BCUT2D eigenvalue weighted by Crippen LogP contribution is -2.36. The number of carbonyl (C=O) groups is 2. The summed E-state index contributed by atoms with van der Waals surface area (Å²) in [6.45, 7) is 2.06. The first kappa shape index (κ1) is 18.9. The van der Waals surface area contributed by atoms with Gasteiger partial charge < -0.3 is 9.57 Å². The molecule has 2 heterocycles. The number of likely N-dealkylation sites (tertiary alicyclic amines) is 1. The summed E-state index contributed by atoms with van der Waals surface area (Å²) in [5.74, 6) is -0.515. The Kier molecular flexibility index (Phi) is 6.82. The highest BCUT2D eigenvalue weighted by Gasteiger charge is 2.20. The third-order valence-electron chi connectivity index (χ3n) is 4.59. The number of hydrogen-bond acceptors (Lipinski definition) is 5. The fraction of sp³-hybridized carbons (Fsp3) is 0.333. The predicted molar refractivity (Wildman–Crippen MR) is 101 cm³/mol. The highest BCUT2D eigenvalue weighted by atomic mass is 16.7. The molecule has 0 saturated carbocycles. The zero-order valence-corrected chi connectivity index (χ0v) is 15.2. The van der Waals surface area contributed by atoms with Crippen LogP contribution in [0.5, 0.6) is 0 Å². The Balaban J connectivity index is 1.33. The number of benzene rings is 1. The van der Waals surface area contributed by atoms with E-state index in [9.17, 15) is 9.59 Å². The SMILES string of the molecule is O=C(/C=C\C(=O)On1cccc1)OCN1CCC(Cc2ccccc2)CC1. The molecule has 0 unspecified atom stereocenters. The van der Waals surface area contributed by atoms with E-state index in [1.807, 2.05) is 6.07 Å². The summed E-state index contributed by atoms with van der Waals surface area (Å²) in [7, 11) is 0. The quantitative estimate of drug-likeness (QED) is 0.555. The first-order chi connectivity index (χ1) is 13.2. The monoisotopic (exact) mass is 368 g/mol. The molecule has 0 amide bonds. The molecule has 1 aromatic heterocycles. The minimum Gasteiger partial charge on any atom is -0.446 e. The molecule has 3 rings (SSSR count). The van der Waals surface area contributed by atoms with Gasteiger partial charge in [0.2, 0.25) is 0 Å². The summed E-state index contributed by atoms with van der Waals surface area (Å²) in [5, 5.41) is 0. The van der Waals surface area contributed by atoms with Crippen molar-refractivity contribution in [2.75, 3.05) is 19.8 Å². The zero-order valence-electron chi connectivity index (χ0n) is 15.2. The van der Waals surface area contributed by atoms with Crippen LogP contribution in [0.15, 0.2) is 67.0 Å². The predicted octanol–water partition coefficient (Wildman–Crippen LogP) is 2.45. The maximum atomic E-state index is 11.7. The molecule has 1 fully saturated rings. The van der Waals surface area contributed by atoms with Crippen LogP contribution >= 0.6 is 0 Å². The van der Waals surface area contributed by atoms with E-state index in [0.29, 0.717) is 5.92 Å². The third-order valence-corrected chi connectivity index (χ3v) is 4.59. The number of aromatic nitrogens is 1. The molecule has 0 radical (unpaired) electrons. The van der Waals surface area contributed by atoms with Gasteiger partial charge in [0.05, 0.1) is 0 Å². The van der Waals surface area contributed by atoms with Crippen molar-refractivity contribution >= 4 is 11.9 Å². The van der Waals surface area contributed by atoms with Crippen molar-refractivity contribution in [2.24, 2.45) is 5.92 Å². The minimum absolute atomic E-state index is 0.244. The zero-order chi connectivity index (χ0) is 18.9. The van der Waals surface area contributed by atoms with Crippen LogP contribution in [-0.4, -0.2) is 41.4 Å². The fourth-order valence-corrected chi connectivity index (χ4v) is 3.12. The van der Waals surface area contributed by atoms with Crippen molar-refractivity contribution in [2.45, 2.75) is 19.3 Å². The van der Waals surface area contributed by atoms with Gasteiger partial charge in [-0.05, 0) is 42.9 Å². The minimum atomic E-state index is -0.634. The molecule has 0 aliphatic carbocycles. The fourth-order valence-electron chi connectivity index (χ4n) is 3.12. The number of carbonyl (C=O) groups excluding carboxylic acids is 2. The van der Waals surface area contributed by atoms with E-state index in [0.717, 1.165) is 44.5 Å². The van der Waals surface area contributed by atoms with Crippen LogP contribution in [0.4, 0.5) is 0 Å². The molecule has 0 bridgehead atoms. The topological polar surface area (TPSA) is 60.8 Å². The first-order valence-corrected chi connectivity index (χ1v) is 9.15. The number of ether oxygens (including phenoxy) is 1. The van der Waals surface area contributed by atoms with Crippen LogP contribution < -0.4 is 4.84 Å². The smallest absolute Gasteiger partial charge is 0.356 e. The summed E-state index contributed by atoms with van der Waals surface area (Å²) in [6, 6.07) is 14.0. The van der Waals surface area contributed by atoms with Gasteiger partial charge in [0.1, 0.15) is 6.73 Å². The molecule has 6 nitrogen and oxygen atoms in total. The Morgan fingerprint density at radius 1 is 0.963 bits per heavy atom. The van der Waals surface area contributed by atoms with Crippen LogP contribution in [0.2, 0.25) is 0 Å². The molecule has 0 N–H and O–H groups in total. The van der Waals surface area contributed by atoms with Gasteiger partial charge in [-0.3, -0.25) is 4.90 Å². The Bertz CT molecular complexity index is 748. The van der Waals surface area contributed by atoms with Crippen molar-refractivity contribution < 1.29 is 19.2 Å². The number of hydrogen-bond donors (Lipinski definition) is 0. The van der Waals surface area contributed by atoms with E-state index in [1.165, 1.54) is 10.3 Å². The van der Waals surface area contributed by atoms with E-state index in [1.54, 1.807) is 24.5 Å². The first-order valence-electron chi connectivity index (χ1n) is 9.15. The summed E-state index contributed by atoms with van der Waals surface area (Å²) >= 11 is 0. The standard InChI is InChI=1S/C21H24N2O4/c24-20(8-9-21(25)27-23-12-4-5-13-23)26-17-22-14-10-19(11-15-22)16-18-6-2-1-3-7-18/h1-9,12-13,19H,10-11,14-17H2/b9-8-. The third kappa shape index (κ3) is 6.42. The van der Waals surface area contributed by atoms with E-state index >= 15 is 0 Å². The van der Waals surface area contributed by atoms with Gasteiger partial charge in [-0.1, -0.05) is 30.3 Å². The van der Waals surface area contributed by atoms with Crippen LogP contribution in [0, 0.1) is 5.92 Å². The lowest BCUT2D eigenvalue weighted by molar-refractivity contribution is -0.144. The lowest BCUT2D eigenvalue weighted by atomic mass is 9.90. The molecule has 6 heteroatoms. The molecular weight excluding hydrogens is 344 g/mol. The Hall–Kier alpha value is -2.86. The Labute approximate surface area is 158 Å². The highest BCUT2D eigenvalue weighted by Crippen LogP contribution is 2.21. The second kappa shape index (κ2) is 9.73. The van der Waals surface area contributed by atoms with E-state index in [-0.39, 0.29) is 6.73 Å². The molecule has 2 aromatic rings. The summed E-state index contributed by atoms with van der Waals surface area (Å²) in [6.07, 6.45) is 8.61. The molecule has 1 aliphatic rings. The van der Waals surface area contributed by atoms with Crippen LogP contribution in [0.3, 0.4) is 0 Å². The van der Waals surface area contributed by atoms with Gasteiger partial charge in [-0.25, -0.2) is 9.59 Å². The van der Waals surface area contributed by atoms with Crippen molar-refractivity contribution in [3.05, 3.63) is 72.6 Å². The highest BCUT2D eigenvalue weighted by molar-refractivity contribution is 5.91. The van der Waals surface area contributed by atoms with E-state index < -0.39 is 11.9 Å². The molecule has 0 atom stereocenters. The number of nitrogens with zero attached hydrogens (tertiary/aromatic N) is 2. The van der Waals surface area contributed by atoms with Crippen molar-refractivity contribution in [3.63, 3.8) is 0 Å². The maximum absolute atomic E-state index is 11.7. The molecule has 27 heavy (non-hydrogen) atoms. The average molecular weight is 368 g/mol. The van der Waals surface area contributed by atoms with Crippen LogP contribution in [0.25, 0.3) is 0 Å². The van der Waals surface area contributed by atoms with Crippen molar-refractivity contribution in [3.8, 4) is 0 Å². The number of rotatable bonds is 7. The van der Waals surface area contributed by atoms with Crippen molar-refractivity contribution in [1.29, 1.82) is 0 Å². The number of piperidine rings is 1. The van der Waals surface area contributed by atoms with E-state index in [4.69, 9.17) is 9.57 Å². The molecule has 142 valence electrons. The molecule has 1 saturated heterocycles. The second-order valence-corrected chi connectivity index (χ2v) is 6.63. The van der Waals surface area contributed by atoms with Crippen LogP contribution in [-0.2, 0) is 20.7 Å². The maximum Gasteiger partial charge on any atom is 0.356 e. The van der Waals surface area contributed by atoms with Crippen molar-refractivity contribution in [1.82, 2.24) is 9.63 Å². The van der Waals surface area contributed by atoms with Gasteiger partial charge in [-0.2, -0.15) is 4.73 Å². The second-order valence-electron chi connectivity index (χ2n) is 6.63. The van der Waals surface area contributed by atoms with Gasteiger partial charge >= 0.3 is 11.9 Å². The molecule has 1 aliphatic heterocycles. The van der Waals surface area contributed by atoms with Gasteiger partial charge in [-0.15, -0.1) is 0 Å². The number of esters is 1. The Morgan fingerprint density at radius 3 is 2.33 bits per heavy atom. The average Bonchev–Trinajstić information content (AvgIpc) is 3.19. The molecular formula is C21H24N2O4. The lowest BCUT2D eigenvalue weighted by Gasteiger charge is -2.31. The largest absolute Gasteiger partial charge is 0.446 e. The van der Waals surface area contributed by atoms with Gasteiger partial charge in [0.15, 0.2) is 0 Å².